The van der Waals surface area contributed by atoms with E-state index in [9.17, 15) is 9.59 Å². The Kier molecular flexibility index (Phi) is 3.71. The van der Waals surface area contributed by atoms with Crippen LogP contribution in [0.2, 0.25) is 0 Å². The molecule has 0 aliphatic heterocycles. The summed E-state index contributed by atoms with van der Waals surface area (Å²) in [5, 5.41) is 8.93. The van der Waals surface area contributed by atoms with Gasteiger partial charge < -0.3 is 14.8 Å². The molecule has 0 bridgehead atoms. The largest absolute Gasteiger partial charge is 0.478 e. The second-order valence-corrected chi connectivity index (χ2v) is 4.35. The molecule has 0 amide bonds. The van der Waals surface area contributed by atoms with Gasteiger partial charge in [0.2, 0.25) is 0 Å². The van der Waals surface area contributed by atoms with Crippen LogP contribution in [0.5, 0.6) is 0 Å². The van der Waals surface area contributed by atoms with E-state index >= 15 is 0 Å². The van der Waals surface area contributed by atoms with Crippen LogP contribution in [0.1, 0.15) is 30.2 Å². The zero-order valence-corrected chi connectivity index (χ0v) is 10.8. The summed E-state index contributed by atoms with van der Waals surface area (Å²) >= 11 is 0. The molecule has 0 spiro atoms. The number of rotatable bonds is 5. The Morgan fingerprint density at radius 3 is 2.89 bits per heavy atom. The molecular formula is C13H16N2O4. The van der Waals surface area contributed by atoms with Crippen molar-refractivity contribution < 1.29 is 14.6 Å². The summed E-state index contributed by atoms with van der Waals surface area (Å²) in [6.07, 6.45) is 0. The van der Waals surface area contributed by atoms with Crippen molar-refractivity contribution in [1.82, 2.24) is 9.55 Å². The quantitative estimate of drug-likeness (QED) is 0.859. The first-order valence-electron chi connectivity index (χ1n) is 6.10. The van der Waals surface area contributed by atoms with Gasteiger partial charge in [-0.25, -0.2) is 9.59 Å². The number of carboxylic acid groups (broad SMARTS) is 1. The highest BCUT2D eigenvalue weighted by Crippen LogP contribution is 2.17. The number of hydrogen-bond acceptors (Lipinski definition) is 3. The van der Waals surface area contributed by atoms with E-state index in [-0.39, 0.29) is 17.3 Å². The van der Waals surface area contributed by atoms with Crippen molar-refractivity contribution in [3.05, 3.63) is 34.2 Å². The van der Waals surface area contributed by atoms with E-state index in [0.717, 1.165) is 0 Å². The Hall–Kier alpha value is -2.08. The second kappa shape index (κ2) is 5.27. The molecule has 2 aromatic rings. The predicted molar refractivity (Wildman–Crippen MR) is 70.7 cm³/mol. The minimum absolute atomic E-state index is 0.114. The first-order valence-corrected chi connectivity index (χ1v) is 6.10. The topological polar surface area (TPSA) is 84.3 Å². The summed E-state index contributed by atoms with van der Waals surface area (Å²) in [4.78, 5) is 25.5. The van der Waals surface area contributed by atoms with Gasteiger partial charge >= 0.3 is 11.7 Å². The van der Waals surface area contributed by atoms with Gasteiger partial charge in [0, 0.05) is 6.61 Å². The summed E-state index contributed by atoms with van der Waals surface area (Å²) in [5.74, 6) is -1.02. The molecule has 0 fully saturated rings. The molecule has 0 aliphatic rings. The number of benzene rings is 1. The lowest BCUT2D eigenvalue weighted by Gasteiger charge is -2.13. The summed E-state index contributed by atoms with van der Waals surface area (Å²) in [7, 11) is 0. The van der Waals surface area contributed by atoms with E-state index in [1.54, 1.807) is 10.6 Å². The Labute approximate surface area is 109 Å². The molecule has 0 aliphatic carbocycles. The van der Waals surface area contributed by atoms with Crippen LogP contribution in [0.25, 0.3) is 11.0 Å². The molecule has 102 valence electrons. The average Bonchev–Trinajstić information content (AvgIpc) is 2.70. The van der Waals surface area contributed by atoms with Crippen molar-refractivity contribution in [2.24, 2.45) is 0 Å². The summed E-state index contributed by atoms with van der Waals surface area (Å²) in [6, 6.07) is 4.47. The van der Waals surface area contributed by atoms with Gasteiger partial charge in [-0.2, -0.15) is 0 Å². The zero-order chi connectivity index (χ0) is 14.0. The minimum Gasteiger partial charge on any atom is -0.478 e. The van der Waals surface area contributed by atoms with E-state index in [1.807, 2.05) is 13.8 Å². The fraction of sp³-hybridized carbons (Fsp3) is 0.385. The molecule has 0 radical (unpaired) electrons. The molecule has 1 unspecified atom stereocenters. The first kappa shape index (κ1) is 13.4. The molecule has 1 heterocycles. The van der Waals surface area contributed by atoms with Crippen LogP contribution >= 0.6 is 0 Å². The Balaban J connectivity index is 2.48. The normalized spacial score (nSPS) is 12.7. The van der Waals surface area contributed by atoms with Crippen molar-refractivity contribution in [1.29, 1.82) is 0 Å². The Bertz CT molecular complexity index is 656. The molecular weight excluding hydrogens is 248 g/mol. The Morgan fingerprint density at radius 1 is 1.53 bits per heavy atom. The number of aromatic amines is 1. The number of ether oxygens (including phenoxy) is 1. The zero-order valence-electron chi connectivity index (χ0n) is 10.8. The maximum atomic E-state index is 11.9. The number of H-pyrrole nitrogens is 1. The van der Waals surface area contributed by atoms with Crippen LogP contribution < -0.4 is 5.69 Å². The lowest BCUT2D eigenvalue weighted by molar-refractivity contribution is 0.0697. The SMILES string of the molecule is CCOCC(C)n1c(=O)[nH]c2cc(C(=O)O)ccc21. The number of fused-ring (bicyclic) bond motifs is 1. The standard InChI is InChI=1S/C13H16N2O4/c1-3-19-7-8(2)15-11-5-4-9(12(16)17)6-10(11)14-13(15)18/h4-6,8H,3,7H2,1-2H3,(H,14,18)(H,16,17). The lowest BCUT2D eigenvalue weighted by Crippen LogP contribution is -2.23. The number of nitrogens with one attached hydrogen (secondary N) is 1. The van der Waals surface area contributed by atoms with Gasteiger partial charge in [-0.05, 0) is 32.0 Å². The van der Waals surface area contributed by atoms with Crippen molar-refractivity contribution >= 4 is 17.0 Å². The van der Waals surface area contributed by atoms with E-state index in [0.29, 0.717) is 24.2 Å². The molecule has 1 aromatic heterocycles. The van der Waals surface area contributed by atoms with E-state index < -0.39 is 5.97 Å². The van der Waals surface area contributed by atoms with Gasteiger partial charge in [-0.1, -0.05) is 0 Å². The predicted octanol–water partition coefficient (Wildman–Crippen LogP) is 1.63. The van der Waals surface area contributed by atoms with Gasteiger partial charge in [0.1, 0.15) is 0 Å². The van der Waals surface area contributed by atoms with Gasteiger partial charge in [-0.15, -0.1) is 0 Å². The van der Waals surface area contributed by atoms with E-state index in [2.05, 4.69) is 4.98 Å². The van der Waals surface area contributed by atoms with Gasteiger partial charge in [0.15, 0.2) is 0 Å². The van der Waals surface area contributed by atoms with E-state index in [4.69, 9.17) is 9.84 Å². The van der Waals surface area contributed by atoms with Crippen LogP contribution in [0.15, 0.2) is 23.0 Å². The number of carbonyl (C=O) groups is 1. The highest BCUT2D eigenvalue weighted by molar-refractivity contribution is 5.92. The lowest BCUT2D eigenvalue weighted by atomic mass is 10.2. The third-order valence-corrected chi connectivity index (χ3v) is 2.97. The molecule has 1 atom stereocenters. The number of nitrogens with zero attached hydrogens (tertiary/aromatic N) is 1. The number of aromatic nitrogens is 2. The Morgan fingerprint density at radius 2 is 2.26 bits per heavy atom. The maximum absolute atomic E-state index is 11.9. The highest BCUT2D eigenvalue weighted by Gasteiger charge is 2.14. The summed E-state index contributed by atoms with van der Waals surface area (Å²) in [5.41, 5.74) is 1.10. The number of aromatic carboxylic acids is 1. The minimum atomic E-state index is -1.02. The molecule has 2 N–H and O–H groups in total. The maximum Gasteiger partial charge on any atom is 0.335 e. The first-order chi connectivity index (χ1) is 9.04. The average molecular weight is 264 g/mol. The summed E-state index contributed by atoms with van der Waals surface area (Å²) in [6.45, 7) is 4.80. The van der Waals surface area contributed by atoms with E-state index in [1.165, 1.54) is 12.1 Å². The smallest absolute Gasteiger partial charge is 0.335 e. The number of hydrogen-bond donors (Lipinski definition) is 2. The molecule has 0 saturated heterocycles. The van der Waals surface area contributed by atoms with Crippen molar-refractivity contribution in [2.75, 3.05) is 13.2 Å². The molecule has 6 heteroatoms. The van der Waals surface area contributed by atoms with Crippen LogP contribution in [-0.4, -0.2) is 33.8 Å². The van der Waals surface area contributed by atoms with Crippen LogP contribution in [0.4, 0.5) is 0 Å². The molecule has 6 nitrogen and oxygen atoms in total. The molecule has 1 aromatic carbocycles. The fourth-order valence-electron chi connectivity index (χ4n) is 2.06. The van der Waals surface area contributed by atoms with Gasteiger partial charge in [0.25, 0.3) is 0 Å². The number of carboxylic acids is 1. The molecule has 19 heavy (non-hydrogen) atoms. The summed E-state index contributed by atoms with van der Waals surface area (Å²) < 4.78 is 6.90. The van der Waals surface area contributed by atoms with Crippen molar-refractivity contribution in [3.63, 3.8) is 0 Å². The third-order valence-electron chi connectivity index (χ3n) is 2.97. The number of imidazole rings is 1. The highest BCUT2D eigenvalue weighted by atomic mass is 16.5. The van der Waals surface area contributed by atoms with Crippen LogP contribution in [-0.2, 0) is 4.74 Å². The van der Waals surface area contributed by atoms with Gasteiger partial charge in [0.05, 0.1) is 29.2 Å². The molecule has 2 rings (SSSR count). The van der Waals surface area contributed by atoms with Crippen LogP contribution in [0.3, 0.4) is 0 Å². The fourth-order valence-corrected chi connectivity index (χ4v) is 2.06. The van der Waals surface area contributed by atoms with Crippen molar-refractivity contribution in [2.45, 2.75) is 19.9 Å². The second-order valence-electron chi connectivity index (χ2n) is 4.35. The third kappa shape index (κ3) is 2.53. The van der Waals surface area contributed by atoms with Crippen molar-refractivity contribution in [3.8, 4) is 0 Å². The monoisotopic (exact) mass is 264 g/mol. The molecule has 0 saturated carbocycles. The van der Waals surface area contributed by atoms with Gasteiger partial charge in [-0.3, -0.25) is 4.57 Å². The van der Waals surface area contributed by atoms with Crippen LogP contribution in [0, 0.1) is 0 Å².